The summed E-state index contributed by atoms with van der Waals surface area (Å²) in [5, 5.41) is 5.14. The lowest BCUT2D eigenvalue weighted by atomic mass is 10.0. The number of rotatable bonds is 6. The summed E-state index contributed by atoms with van der Waals surface area (Å²) >= 11 is 1.51. The number of aryl methyl sites for hydroxylation is 1. The lowest BCUT2D eigenvalue weighted by Crippen LogP contribution is -3.13. The van der Waals surface area contributed by atoms with E-state index in [1.165, 1.54) is 49.3 Å². The third-order valence-corrected chi connectivity index (χ3v) is 6.06. The molecule has 1 fully saturated rings. The van der Waals surface area contributed by atoms with Crippen molar-refractivity contribution >= 4 is 17.2 Å². The predicted molar refractivity (Wildman–Crippen MR) is 102 cm³/mol. The van der Waals surface area contributed by atoms with Gasteiger partial charge in [0, 0.05) is 5.56 Å². The van der Waals surface area contributed by atoms with Crippen molar-refractivity contribution in [1.29, 1.82) is 0 Å². The van der Waals surface area contributed by atoms with Gasteiger partial charge in [0.05, 0.1) is 31.6 Å². The molecule has 2 aromatic rings. The zero-order chi connectivity index (χ0) is 17.6. The van der Waals surface area contributed by atoms with Gasteiger partial charge in [-0.1, -0.05) is 0 Å². The lowest BCUT2D eigenvalue weighted by Gasteiger charge is -2.32. The number of benzene rings is 1. The highest BCUT2D eigenvalue weighted by molar-refractivity contribution is 7.12. The van der Waals surface area contributed by atoms with Gasteiger partial charge in [-0.2, -0.15) is 0 Å². The average molecular weight is 360 g/mol. The van der Waals surface area contributed by atoms with E-state index >= 15 is 0 Å². The minimum absolute atomic E-state index is 0.0439. The first-order valence-electron chi connectivity index (χ1n) is 9.00. The molecule has 1 amide bonds. The summed E-state index contributed by atoms with van der Waals surface area (Å²) in [5.74, 6) is 0.914. The normalized spacial score (nSPS) is 16.4. The molecule has 3 rings (SSSR count). The third kappa shape index (κ3) is 4.41. The largest absolute Gasteiger partial charge is 0.497 e. The molecule has 0 bridgehead atoms. The van der Waals surface area contributed by atoms with Crippen LogP contribution >= 0.6 is 11.3 Å². The number of hydrogen-bond acceptors (Lipinski definition) is 3. The number of quaternary nitrogens is 1. The number of carbonyl (C=O) groups is 1. The molecule has 5 heteroatoms. The van der Waals surface area contributed by atoms with Gasteiger partial charge in [0.2, 0.25) is 0 Å². The molecule has 1 aromatic heterocycles. The van der Waals surface area contributed by atoms with Crippen LogP contribution in [-0.4, -0.2) is 32.7 Å². The summed E-state index contributed by atoms with van der Waals surface area (Å²) < 4.78 is 5.28. The second-order valence-corrected chi connectivity index (χ2v) is 7.60. The molecule has 1 atom stereocenters. The van der Waals surface area contributed by atoms with E-state index in [9.17, 15) is 4.79 Å². The van der Waals surface area contributed by atoms with Crippen LogP contribution in [0.25, 0.3) is 0 Å². The first-order chi connectivity index (χ1) is 12.2. The highest BCUT2D eigenvalue weighted by Crippen LogP contribution is 2.18. The Morgan fingerprint density at radius 2 is 1.92 bits per heavy atom. The summed E-state index contributed by atoms with van der Waals surface area (Å²) in [6, 6.07) is 10.6. The number of carbonyl (C=O) groups excluding carboxylic acids is 1. The van der Waals surface area contributed by atoms with Crippen LogP contribution in [0.15, 0.2) is 35.7 Å². The van der Waals surface area contributed by atoms with E-state index in [1.807, 2.05) is 30.5 Å². The zero-order valence-corrected chi connectivity index (χ0v) is 15.8. The average Bonchev–Trinajstić information content (AvgIpc) is 3.09. The molecular weight excluding hydrogens is 332 g/mol. The Morgan fingerprint density at radius 3 is 2.52 bits per heavy atom. The van der Waals surface area contributed by atoms with Crippen LogP contribution < -0.4 is 15.0 Å². The molecule has 25 heavy (non-hydrogen) atoms. The number of likely N-dealkylation sites (tertiary alicyclic amines) is 1. The van der Waals surface area contributed by atoms with Gasteiger partial charge >= 0.3 is 0 Å². The maximum absolute atomic E-state index is 12.5. The van der Waals surface area contributed by atoms with Gasteiger partial charge in [-0.05, 0) is 67.5 Å². The number of methoxy groups -OCH3 is 1. The van der Waals surface area contributed by atoms with Gasteiger partial charge in [0.15, 0.2) is 0 Å². The second-order valence-electron chi connectivity index (χ2n) is 6.69. The molecule has 0 radical (unpaired) electrons. The van der Waals surface area contributed by atoms with Crippen LogP contribution in [0, 0.1) is 6.92 Å². The van der Waals surface area contributed by atoms with Crippen molar-refractivity contribution in [2.45, 2.75) is 32.2 Å². The number of piperidine rings is 1. The molecule has 0 aliphatic carbocycles. The molecule has 4 nitrogen and oxygen atoms in total. The second kappa shape index (κ2) is 8.50. The van der Waals surface area contributed by atoms with Crippen molar-refractivity contribution in [3.05, 3.63) is 51.7 Å². The maximum atomic E-state index is 12.5. The summed E-state index contributed by atoms with van der Waals surface area (Å²) in [5.41, 5.74) is 2.31. The SMILES string of the molecule is COc1ccc([C@@H](CNC(=O)c2sccc2C)[NH+]2CCCCC2)cc1. The molecule has 1 aromatic carbocycles. The molecule has 2 heterocycles. The van der Waals surface area contributed by atoms with Crippen molar-refractivity contribution < 1.29 is 14.4 Å². The maximum Gasteiger partial charge on any atom is 0.261 e. The van der Waals surface area contributed by atoms with Gasteiger partial charge in [0.25, 0.3) is 5.91 Å². The van der Waals surface area contributed by atoms with E-state index in [0.717, 1.165) is 16.2 Å². The topological polar surface area (TPSA) is 42.8 Å². The van der Waals surface area contributed by atoms with E-state index in [2.05, 4.69) is 17.4 Å². The number of hydrogen-bond donors (Lipinski definition) is 2. The Labute approximate surface area is 153 Å². The van der Waals surface area contributed by atoms with Crippen molar-refractivity contribution in [2.75, 3.05) is 26.7 Å². The van der Waals surface area contributed by atoms with Crippen LogP contribution in [0.5, 0.6) is 5.75 Å². The number of ether oxygens (including phenoxy) is 1. The van der Waals surface area contributed by atoms with Gasteiger partial charge in [0.1, 0.15) is 11.8 Å². The van der Waals surface area contributed by atoms with Crippen LogP contribution in [0.1, 0.15) is 46.1 Å². The van der Waals surface area contributed by atoms with Gasteiger partial charge in [-0.25, -0.2) is 0 Å². The van der Waals surface area contributed by atoms with E-state index in [4.69, 9.17) is 4.74 Å². The third-order valence-electron chi connectivity index (χ3n) is 5.04. The fourth-order valence-electron chi connectivity index (χ4n) is 3.57. The molecule has 0 saturated carbocycles. The van der Waals surface area contributed by atoms with Crippen molar-refractivity contribution in [1.82, 2.24) is 5.32 Å². The first-order valence-corrected chi connectivity index (χ1v) is 9.88. The molecule has 1 aliphatic rings. The molecule has 2 N–H and O–H groups in total. The summed E-state index contributed by atoms with van der Waals surface area (Å²) in [6.07, 6.45) is 3.85. The van der Waals surface area contributed by atoms with E-state index in [-0.39, 0.29) is 11.9 Å². The van der Waals surface area contributed by atoms with E-state index < -0.39 is 0 Å². The summed E-state index contributed by atoms with van der Waals surface area (Å²) in [4.78, 5) is 14.9. The van der Waals surface area contributed by atoms with Crippen LogP contribution in [-0.2, 0) is 0 Å². The van der Waals surface area contributed by atoms with Crippen molar-refractivity contribution in [3.63, 3.8) is 0 Å². The minimum atomic E-state index is 0.0439. The Balaban J connectivity index is 1.73. The first kappa shape index (κ1) is 18.0. The van der Waals surface area contributed by atoms with Crippen molar-refractivity contribution in [3.8, 4) is 5.75 Å². The molecule has 1 saturated heterocycles. The zero-order valence-electron chi connectivity index (χ0n) is 15.0. The quantitative estimate of drug-likeness (QED) is 0.833. The molecule has 0 unspecified atom stereocenters. The van der Waals surface area contributed by atoms with Crippen molar-refractivity contribution in [2.24, 2.45) is 0 Å². The van der Waals surface area contributed by atoms with Gasteiger partial charge < -0.3 is 15.0 Å². The molecule has 0 spiro atoms. The monoisotopic (exact) mass is 359 g/mol. The number of nitrogens with one attached hydrogen (secondary N) is 2. The Bertz CT molecular complexity index is 690. The Kier molecular flexibility index (Phi) is 6.10. The summed E-state index contributed by atoms with van der Waals surface area (Å²) in [6.45, 7) is 5.00. The van der Waals surface area contributed by atoms with E-state index in [0.29, 0.717) is 6.54 Å². The molecule has 134 valence electrons. The standard InChI is InChI=1S/C20H26N2O2S/c1-15-10-13-25-19(15)20(23)21-14-18(22-11-4-3-5-12-22)16-6-8-17(24-2)9-7-16/h6-10,13,18H,3-5,11-12,14H2,1-2H3,(H,21,23)/p+1/t18-/m1/s1. The fraction of sp³-hybridized carbons (Fsp3) is 0.450. The van der Waals surface area contributed by atoms with Crippen LogP contribution in [0.3, 0.4) is 0 Å². The molecular formula is C20H27N2O2S+. The van der Waals surface area contributed by atoms with E-state index in [1.54, 1.807) is 12.0 Å². The number of thiophene rings is 1. The van der Waals surface area contributed by atoms with Gasteiger partial charge in [-0.15, -0.1) is 11.3 Å². The Hall–Kier alpha value is -1.85. The highest BCUT2D eigenvalue weighted by atomic mass is 32.1. The lowest BCUT2D eigenvalue weighted by molar-refractivity contribution is -0.935. The predicted octanol–water partition coefficient (Wildman–Crippen LogP) is 2.61. The molecule has 1 aliphatic heterocycles. The van der Waals surface area contributed by atoms with Gasteiger partial charge in [-0.3, -0.25) is 4.79 Å². The highest BCUT2D eigenvalue weighted by Gasteiger charge is 2.27. The van der Waals surface area contributed by atoms with Crippen LogP contribution in [0.4, 0.5) is 0 Å². The smallest absolute Gasteiger partial charge is 0.261 e. The summed E-state index contributed by atoms with van der Waals surface area (Å²) in [7, 11) is 1.69. The Morgan fingerprint density at radius 1 is 1.20 bits per heavy atom. The van der Waals surface area contributed by atoms with Crippen LogP contribution in [0.2, 0.25) is 0 Å². The fourth-order valence-corrected chi connectivity index (χ4v) is 4.41. The minimum Gasteiger partial charge on any atom is -0.497 e. The number of amides is 1.